The number of hydrogen-bond donors (Lipinski definition) is 3. The van der Waals surface area contributed by atoms with E-state index in [1.54, 1.807) is 18.2 Å². The number of benzene rings is 1. The Morgan fingerprint density at radius 2 is 2.09 bits per heavy atom. The molecule has 5 rings (SSSR count). The summed E-state index contributed by atoms with van der Waals surface area (Å²) in [6.07, 6.45) is 2.85. The average Bonchev–Trinajstić information content (AvgIpc) is 3.20. The third kappa shape index (κ3) is 3.79. The Labute approximate surface area is 204 Å². The largest absolute Gasteiger partial charge is 0.332 e. The Hall–Kier alpha value is -3.23. The molecule has 0 spiro atoms. The van der Waals surface area contributed by atoms with Crippen LogP contribution in [-0.4, -0.2) is 26.9 Å². The fourth-order valence-corrected chi connectivity index (χ4v) is 5.05. The van der Waals surface area contributed by atoms with Gasteiger partial charge in [-0.1, -0.05) is 22.6 Å². The number of carbonyl (C=O) groups is 2. The number of nitrogens with one attached hydrogen (secondary N) is 2. The minimum Gasteiger partial charge on any atom is -0.325 e. The van der Waals surface area contributed by atoms with Crippen LogP contribution in [0.2, 0.25) is 0 Å². The molecule has 0 atom stereocenters. The van der Waals surface area contributed by atoms with Gasteiger partial charge in [-0.25, -0.2) is 24.1 Å². The predicted octanol–water partition coefficient (Wildman–Crippen LogP) is 4.56. The van der Waals surface area contributed by atoms with Crippen molar-refractivity contribution in [3.8, 4) is 0 Å². The van der Waals surface area contributed by atoms with Crippen molar-refractivity contribution in [3.05, 3.63) is 64.8 Å². The van der Waals surface area contributed by atoms with Gasteiger partial charge in [0.25, 0.3) is 5.91 Å². The van der Waals surface area contributed by atoms with E-state index in [-0.39, 0.29) is 10.7 Å². The van der Waals surface area contributed by atoms with Crippen molar-refractivity contribution in [2.24, 2.45) is 5.73 Å². The number of alkyl halides is 1. The second-order valence-electron chi connectivity index (χ2n) is 7.05. The lowest BCUT2D eigenvalue weighted by molar-refractivity contribution is 0.103. The number of aromatic nitrogens is 3. The number of hydrogen-bond acceptors (Lipinski definition) is 7. The number of anilines is 4. The molecule has 0 fully saturated rings. The highest BCUT2D eigenvalue weighted by Crippen LogP contribution is 2.44. The molecule has 1 aromatic carbocycles. The maximum atomic E-state index is 14.0. The first-order valence-corrected chi connectivity index (χ1v) is 12.0. The van der Waals surface area contributed by atoms with Crippen molar-refractivity contribution in [3.63, 3.8) is 0 Å². The molecular weight excluding hydrogens is 560 g/mol. The van der Waals surface area contributed by atoms with E-state index in [4.69, 9.17) is 5.73 Å². The molecule has 3 amide bonds. The van der Waals surface area contributed by atoms with Gasteiger partial charge in [-0.3, -0.25) is 9.78 Å². The first-order valence-electron chi connectivity index (χ1n) is 9.69. The highest BCUT2D eigenvalue weighted by molar-refractivity contribution is 14.1. The van der Waals surface area contributed by atoms with Crippen LogP contribution in [0.4, 0.5) is 32.1 Å². The third-order valence-corrected chi connectivity index (χ3v) is 6.96. The molecule has 12 heteroatoms. The quantitative estimate of drug-likeness (QED) is 0.237. The molecule has 0 unspecified atom stereocenters. The third-order valence-electron chi connectivity index (χ3n) is 5.04. The Bertz CT molecular complexity index is 1410. The molecule has 1 aliphatic heterocycles. The van der Waals surface area contributed by atoms with E-state index in [0.717, 1.165) is 11.3 Å². The van der Waals surface area contributed by atoms with E-state index < -0.39 is 11.9 Å². The van der Waals surface area contributed by atoms with Crippen LogP contribution < -0.4 is 21.3 Å². The lowest BCUT2D eigenvalue weighted by atomic mass is 10.1. The Morgan fingerprint density at radius 3 is 2.82 bits per heavy atom. The van der Waals surface area contributed by atoms with Crippen LogP contribution in [0.3, 0.4) is 0 Å². The molecule has 4 N–H and O–H groups in total. The topological polar surface area (TPSA) is 126 Å². The van der Waals surface area contributed by atoms with Gasteiger partial charge < -0.3 is 16.4 Å². The Balaban J connectivity index is 1.56. The molecule has 33 heavy (non-hydrogen) atoms. The molecule has 1 aliphatic rings. The Kier molecular flexibility index (Phi) is 5.64. The van der Waals surface area contributed by atoms with Crippen molar-refractivity contribution in [2.75, 3.05) is 15.5 Å². The summed E-state index contributed by atoms with van der Waals surface area (Å²) in [5.41, 5.74) is 8.03. The van der Waals surface area contributed by atoms with Crippen molar-refractivity contribution in [1.29, 1.82) is 0 Å². The number of urea groups is 1. The second-order valence-corrected chi connectivity index (χ2v) is 8.82. The molecule has 0 aliphatic carbocycles. The first-order chi connectivity index (χ1) is 16.0. The molecule has 4 heterocycles. The fraction of sp³-hybridized carbons (Fsp3) is 0.0952. The van der Waals surface area contributed by atoms with Gasteiger partial charge in [0.1, 0.15) is 21.9 Å². The number of nitrogens with two attached hydrogens (primary N) is 1. The van der Waals surface area contributed by atoms with Gasteiger partial charge in [-0.15, -0.1) is 11.3 Å². The number of pyridine rings is 1. The summed E-state index contributed by atoms with van der Waals surface area (Å²) in [5, 5.41) is 6.11. The minimum absolute atomic E-state index is 0.287. The zero-order valence-electron chi connectivity index (χ0n) is 16.8. The second kappa shape index (κ2) is 8.61. The maximum absolute atomic E-state index is 14.0. The Morgan fingerprint density at radius 1 is 1.24 bits per heavy atom. The van der Waals surface area contributed by atoms with Crippen molar-refractivity contribution in [2.45, 2.75) is 11.0 Å². The highest BCUT2D eigenvalue weighted by atomic mass is 127. The minimum atomic E-state index is -0.505. The molecule has 3 aromatic heterocycles. The monoisotopic (exact) mass is 575 g/mol. The van der Waals surface area contributed by atoms with Crippen LogP contribution in [0.25, 0.3) is 10.2 Å². The molecule has 0 bridgehead atoms. The lowest BCUT2D eigenvalue weighted by Crippen LogP contribution is -2.35. The van der Waals surface area contributed by atoms with E-state index >= 15 is 0 Å². The van der Waals surface area contributed by atoms with Crippen LogP contribution in [-0.2, 0) is 11.0 Å². The molecule has 0 saturated carbocycles. The van der Waals surface area contributed by atoms with Crippen molar-refractivity contribution < 1.29 is 14.0 Å². The van der Waals surface area contributed by atoms with Gasteiger partial charge in [-0.2, -0.15) is 0 Å². The summed E-state index contributed by atoms with van der Waals surface area (Å²) in [6, 6.07) is 7.37. The number of halogens is 2. The standard InChI is InChI=1S/C21H15FIN7O2S/c22-14-4-3-13(5-10(14)6-23)30-18-15-16(29-21(30)32)17(33-20(15)27-9-26-18)19(31)28-12-2-1-11(7-24)25-8-12/h1-5,8-9H,6-7,24H2,(H,28,31)(H,29,32). The normalized spacial score (nSPS) is 12.7. The molecule has 9 nitrogen and oxygen atoms in total. The number of rotatable bonds is 5. The summed E-state index contributed by atoms with van der Waals surface area (Å²) in [6.45, 7) is 0.298. The van der Waals surface area contributed by atoms with Crippen LogP contribution in [0.5, 0.6) is 0 Å². The molecule has 0 radical (unpaired) electrons. The van der Waals surface area contributed by atoms with Gasteiger partial charge in [0.05, 0.1) is 34.3 Å². The summed E-state index contributed by atoms with van der Waals surface area (Å²) in [7, 11) is 0. The van der Waals surface area contributed by atoms with Crippen LogP contribution in [0.1, 0.15) is 20.9 Å². The van der Waals surface area contributed by atoms with Gasteiger partial charge in [0.15, 0.2) is 5.82 Å². The maximum Gasteiger partial charge on any atom is 0.332 e. The van der Waals surface area contributed by atoms with Crippen molar-refractivity contribution in [1.82, 2.24) is 15.0 Å². The molecule has 0 saturated heterocycles. The van der Waals surface area contributed by atoms with Gasteiger partial charge in [0.2, 0.25) is 0 Å². The van der Waals surface area contributed by atoms with E-state index in [1.165, 1.54) is 29.6 Å². The number of thiophene rings is 1. The summed E-state index contributed by atoms with van der Waals surface area (Å²) < 4.78 is 14.5. The molecule has 4 aromatic rings. The number of amides is 3. The SMILES string of the molecule is NCc1ccc(NC(=O)c2sc3ncnc4c3c2NC(=O)N4c2ccc(F)c(CI)c2)cn1. The molecule has 166 valence electrons. The highest BCUT2D eigenvalue weighted by Gasteiger charge is 2.34. The first kappa shape index (κ1) is 21.6. The van der Waals surface area contributed by atoms with Crippen LogP contribution >= 0.6 is 33.9 Å². The van der Waals surface area contributed by atoms with Crippen LogP contribution in [0.15, 0.2) is 42.9 Å². The van der Waals surface area contributed by atoms with Crippen LogP contribution in [0, 0.1) is 5.82 Å². The zero-order chi connectivity index (χ0) is 23.1. The smallest absolute Gasteiger partial charge is 0.325 e. The predicted molar refractivity (Wildman–Crippen MR) is 133 cm³/mol. The van der Waals surface area contributed by atoms with E-state index in [2.05, 4.69) is 48.2 Å². The summed E-state index contributed by atoms with van der Waals surface area (Å²) in [4.78, 5) is 41.1. The van der Waals surface area contributed by atoms with Gasteiger partial charge >= 0.3 is 6.03 Å². The van der Waals surface area contributed by atoms with Gasteiger partial charge in [0, 0.05) is 11.0 Å². The average molecular weight is 575 g/mol. The fourth-order valence-electron chi connectivity index (χ4n) is 3.48. The van der Waals surface area contributed by atoms with E-state index in [0.29, 0.717) is 55.3 Å². The lowest BCUT2D eigenvalue weighted by Gasteiger charge is -2.27. The van der Waals surface area contributed by atoms with Crippen molar-refractivity contribution >= 4 is 79.0 Å². The summed E-state index contributed by atoms with van der Waals surface area (Å²) in [5.74, 6) is -0.430. The zero-order valence-corrected chi connectivity index (χ0v) is 19.8. The van der Waals surface area contributed by atoms with E-state index in [1.807, 2.05) is 0 Å². The van der Waals surface area contributed by atoms with Gasteiger partial charge in [-0.05, 0) is 35.9 Å². The summed E-state index contributed by atoms with van der Waals surface area (Å²) >= 11 is 3.20. The van der Waals surface area contributed by atoms with E-state index in [9.17, 15) is 14.0 Å². The number of nitrogens with zero attached hydrogens (tertiary/aromatic N) is 4. The molecular formula is C21H15FIN7O2S. The number of carbonyl (C=O) groups excluding carboxylic acids is 2.